The number of nitrogen functional groups attached to an aromatic ring is 1. The fourth-order valence-corrected chi connectivity index (χ4v) is 0.711. The van der Waals surface area contributed by atoms with Gasteiger partial charge in [-0.2, -0.15) is 18.3 Å². The van der Waals surface area contributed by atoms with E-state index in [1.807, 2.05) is 0 Å². The van der Waals surface area contributed by atoms with Crippen LogP contribution in [0, 0.1) is 6.92 Å². The highest BCUT2D eigenvalue weighted by atomic mass is 19.4. The second-order valence-electron chi connectivity index (χ2n) is 2.56. The Morgan fingerprint density at radius 2 is 2.14 bits per heavy atom. The molecule has 0 fully saturated rings. The van der Waals surface area contributed by atoms with E-state index in [4.69, 9.17) is 5.73 Å². The average molecular weight is 208 g/mol. The van der Waals surface area contributed by atoms with Gasteiger partial charge in [0.1, 0.15) is 0 Å². The first-order valence-corrected chi connectivity index (χ1v) is 3.51. The number of hydrogen-bond donors (Lipinski definition) is 3. The number of alkyl halides is 3. The maximum atomic E-state index is 11.8. The van der Waals surface area contributed by atoms with Crippen molar-refractivity contribution < 1.29 is 18.0 Å². The molecule has 14 heavy (non-hydrogen) atoms. The smallest absolute Gasteiger partial charge is 0.394 e. The lowest BCUT2D eigenvalue weighted by Crippen LogP contribution is -2.30. The third-order valence-corrected chi connectivity index (χ3v) is 1.48. The standard InChI is InChI=1S/C6H7F3N4O/c1-2-3(10)4(13-12-2)11-5(14)6(7,8)9/h10H2,1H3,(H2,11,12,13,14). The molecule has 0 spiro atoms. The number of carbonyl (C=O) groups is 1. The number of carbonyl (C=O) groups excluding carboxylic acids is 1. The zero-order valence-electron chi connectivity index (χ0n) is 7.07. The first-order chi connectivity index (χ1) is 6.32. The van der Waals surface area contributed by atoms with Crippen LogP contribution in [-0.4, -0.2) is 22.3 Å². The summed E-state index contributed by atoms with van der Waals surface area (Å²) in [5.74, 6) is -2.42. The highest BCUT2D eigenvalue weighted by Crippen LogP contribution is 2.22. The largest absolute Gasteiger partial charge is 0.471 e. The Labute approximate surface area is 76.5 Å². The summed E-state index contributed by atoms with van der Waals surface area (Å²) < 4.78 is 35.3. The molecule has 0 unspecified atom stereocenters. The van der Waals surface area contributed by atoms with Crippen molar-refractivity contribution >= 4 is 17.4 Å². The number of anilines is 2. The molecular formula is C6H7F3N4O. The molecule has 0 radical (unpaired) electrons. The summed E-state index contributed by atoms with van der Waals surface area (Å²) in [6, 6.07) is 0. The summed E-state index contributed by atoms with van der Waals surface area (Å²) in [7, 11) is 0. The molecule has 0 bridgehead atoms. The van der Waals surface area contributed by atoms with E-state index in [0.29, 0.717) is 5.69 Å². The second kappa shape index (κ2) is 3.20. The van der Waals surface area contributed by atoms with Gasteiger partial charge in [0, 0.05) is 0 Å². The van der Waals surface area contributed by atoms with Crippen molar-refractivity contribution in [1.29, 1.82) is 0 Å². The Morgan fingerprint density at radius 3 is 2.50 bits per heavy atom. The van der Waals surface area contributed by atoms with Crippen LogP contribution in [0.2, 0.25) is 0 Å². The van der Waals surface area contributed by atoms with Gasteiger partial charge in [0.15, 0.2) is 5.82 Å². The van der Waals surface area contributed by atoms with Crippen molar-refractivity contribution in [2.45, 2.75) is 13.1 Å². The molecule has 1 aromatic rings. The van der Waals surface area contributed by atoms with E-state index in [1.165, 1.54) is 12.2 Å². The molecule has 0 aliphatic heterocycles. The van der Waals surface area contributed by atoms with Crippen LogP contribution in [0.4, 0.5) is 24.7 Å². The van der Waals surface area contributed by atoms with Crippen LogP contribution in [0.15, 0.2) is 0 Å². The molecule has 1 rings (SSSR count). The molecule has 1 amide bonds. The third kappa shape index (κ3) is 1.95. The summed E-state index contributed by atoms with van der Waals surface area (Å²) in [5.41, 5.74) is 5.70. The van der Waals surface area contributed by atoms with E-state index in [0.717, 1.165) is 0 Å². The fraction of sp³-hybridized carbons (Fsp3) is 0.333. The first-order valence-electron chi connectivity index (χ1n) is 3.51. The quantitative estimate of drug-likeness (QED) is 0.638. The minimum Gasteiger partial charge on any atom is -0.394 e. The van der Waals surface area contributed by atoms with Gasteiger partial charge in [-0.25, -0.2) is 0 Å². The molecule has 0 atom stereocenters. The molecule has 8 heteroatoms. The fourth-order valence-electron chi connectivity index (χ4n) is 0.711. The van der Waals surface area contributed by atoms with Crippen molar-refractivity contribution in [3.8, 4) is 0 Å². The summed E-state index contributed by atoms with van der Waals surface area (Å²) >= 11 is 0. The second-order valence-corrected chi connectivity index (χ2v) is 2.56. The zero-order chi connectivity index (χ0) is 10.9. The number of nitrogens with zero attached hydrogens (tertiary/aromatic N) is 1. The van der Waals surface area contributed by atoms with Gasteiger partial charge in [0.25, 0.3) is 0 Å². The summed E-state index contributed by atoms with van der Waals surface area (Å²) in [6.07, 6.45) is -4.95. The number of nitrogens with one attached hydrogen (secondary N) is 2. The minimum absolute atomic E-state index is 0.0115. The number of hydrogen-bond acceptors (Lipinski definition) is 3. The lowest BCUT2D eigenvalue weighted by atomic mass is 10.4. The molecule has 1 aromatic heterocycles. The van der Waals surface area contributed by atoms with Crippen molar-refractivity contribution in [2.75, 3.05) is 11.1 Å². The molecule has 78 valence electrons. The van der Waals surface area contributed by atoms with E-state index in [2.05, 4.69) is 10.2 Å². The van der Waals surface area contributed by atoms with E-state index in [1.54, 1.807) is 0 Å². The molecule has 0 aliphatic carbocycles. The summed E-state index contributed by atoms with van der Waals surface area (Å²) in [5, 5.41) is 7.26. The summed E-state index contributed by atoms with van der Waals surface area (Å²) in [6.45, 7) is 1.52. The molecule has 0 aliphatic rings. The Kier molecular flexibility index (Phi) is 2.37. The highest BCUT2D eigenvalue weighted by Gasteiger charge is 2.39. The predicted octanol–water partition coefficient (Wildman–Crippen LogP) is 0.801. The Hall–Kier alpha value is -1.73. The predicted molar refractivity (Wildman–Crippen MR) is 42.4 cm³/mol. The van der Waals surface area contributed by atoms with Crippen molar-refractivity contribution in [3.05, 3.63) is 5.69 Å². The van der Waals surface area contributed by atoms with Gasteiger partial charge in [-0.3, -0.25) is 15.2 Å². The van der Waals surface area contributed by atoms with Gasteiger partial charge in [-0.15, -0.1) is 0 Å². The average Bonchev–Trinajstić information content (AvgIpc) is 2.34. The lowest BCUT2D eigenvalue weighted by Gasteiger charge is -2.05. The Bertz CT molecular complexity index is 356. The molecule has 0 saturated heterocycles. The molecule has 4 N–H and O–H groups in total. The number of H-pyrrole nitrogens is 1. The van der Waals surface area contributed by atoms with Gasteiger partial charge in [0.2, 0.25) is 0 Å². The number of aromatic amines is 1. The van der Waals surface area contributed by atoms with Crippen LogP contribution in [0.5, 0.6) is 0 Å². The van der Waals surface area contributed by atoms with Gasteiger partial charge in [-0.1, -0.05) is 0 Å². The number of aromatic nitrogens is 2. The summed E-state index contributed by atoms with van der Waals surface area (Å²) in [4.78, 5) is 10.4. The molecule has 5 nitrogen and oxygen atoms in total. The zero-order valence-corrected chi connectivity index (χ0v) is 7.07. The van der Waals surface area contributed by atoms with Gasteiger partial charge in [0.05, 0.1) is 11.4 Å². The number of halogens is 3. The van der Waals surface area contributed by atoms with Crippen molar-refractivity contribution in [3.63, 3.8) is 0 Å². The van der Waals surface area contributed by atoms with Gasteiger partial charge < -0.3 is 5.73 Å². The maximum absolute atomic E-state index is 11.8. The Balaban J connectivity index is 2.80. The van der Waals surface area contributed by atoms with E-state index >= 15 is 0 Å². The number of rotatable bonds is 1. The SMILES string of the molecule is Cc1[nH]nc(NC(=O)C(F)(F)F)c1N. The van der Waals surface area contributed by atoms with Crippen LogP contribution in [0.25, 0.3) is 0 Å². The van der Waals surface area contributed by atoms with Crippen LogP contribution in [0.3, 0.4) is 0 Å². The monoisotopic (exact) mass is 208 g/mol. The van der Waals surface area contributed by atoms with E-state index < -0.39 is 12.1 Å². The number of aryl methyl sites for hydroxylation is 1. The van der Waals surface area contributed by atoms with Crippen LogP contribution in [-0.2, 0) is 4.79 Å². The van der Waals surface area contributed by atoms with Crippen molar-refractivity contribution in [2.24, 2.45) is 0 Å². The number of nitrogens with two attached hydrogens (primary N) is 1. The van der Waals surface area contributed by atoms with Crippen LogP contribution in [0.1, 0.15) is 5.69 Å². The van der Waals surface area contributed by atoms with E-state index in [-0.39, 0.29) is 11.5 Å². The maximum Gasteiger partial charge on any atom is 0.471 e. The van der Waals surface area contributed by atoms with Crippen LogP contribution < -0.4 is 11.1 Å². The minimum atomic E-state index is -4.95. The highest BCUT2D eigenvalue weighted by molar-refractivity contribution is 5.96. The topological polar surface area (TPSA) is 83.8 Å². The van der Waals surface area contributed by atoms with Gasteiger partial charge in [-0.05, 0) is 6.92 Å². The van der Waals surface area contributed by atoms with E-state index in [9.17, 15) is 18.0 Å². The molecule has 0 saturated carbocycles. The van der Waals surface area contributed by atoms with Crippen LogP contribution >= 0.6 is 0 Å². The molecular weight excluding hydrogens is 201 g/mol. The third-order valence-electron chi connectivity index (χ3n) is 1.48. The first kappa shape index (κ1) is 10.4. The van der Waals surface area contributed by atoms with Crippen molar-refractivity contribution in [1.82, 2.24) is 10.2 Å². The molecule has 1 heterocycles. The normalized spacial score (nSPS) is 11.4. The van der Waals surface area contributed by atoms with Gasteiger partial charge >= 0.3 is 12.1 Å². The number of amides is 1. The lowest BCUT2D eigenvalue weighted by molar-refractivity contribution is -0.167. The Morgan fingerprint density at radius 1 is 1.57 bits per heavy atom. The molecule has 0 aromatic carbocycles.